The number of carboxylic acid groups (broad SMARTS) is 1. The molecule has 1 aromatic rings. The monoisotopic (exact) mass is 317 g/mol. The number of furan rings is 1. The van der Waals surface area contributed by atoms with E-state index >= 15 is 0 Å². The number of carboxylic acids is 1. The minimum atomic E-state index is -1.11. The number of hydrogen-bond donors (Lipinski definition) is 2. The summed E-state index contributed by atoms with van der Waals surface area (Å²) in [5.41, 5.74) is -1.11. The molecule has 0 spiro atoms. The summed E-state index contributed by atoms with van der Waals surface area (Å²) in [6.45, 7) is 1.80. The van der Waals surface area contributed by atoms with Gasteiger partial charge in [0.2, 0.25) is 0 Å². The molecule has 0 bridgehead atoms. The highest BCUT2D eigenvalue weighted by atomic mass is 79.9. The lowest BCUT2D eigenvalue weighted by atomic mass is 9.85. The number of amides is 1. The van der Waals surface area contributed by atoms with Crippen LogP contribution in [0, 0.1) is 5.41 Å². The maximum Gasteiger partial charge on any atom is 0.313 e. The van der Waals surface area contributed by atoms with Crippen LogP contribution in [0.2, 0.25) is 0 Å². The van der Waals surface area contributed by atoms with Gasteiger partial charge in [0.1, 0.15) is 5.41 Å². The highest BCUT2D eigenvalue weighted by Gasteiger charge is 2.47. The van der Waals surface area contributed by atoms with Gasteiger partial charge in [0, 0.05) is 0 Å². The summed E-state index contributed by atoms with van der Waals surface area (Å²) in [5, 5.41) is 11.8. The first kappa shape index (κ1) is 13.1. The third-order valence-electron chi connectivity index (χ3n) is 3.05. The Morgan fingerprint density at radius 2 is 2.28 bits per heavy atom. The third kappa shape index (κ3) is 2.28. The molecule has 0 aromatic carbocycles. The summed E-state index contributed by atoms with van der Waals surface area (Å²) >= 11 is 3.09. The lowest BCUT2D eigenvalue weighted by Crippen LogP contribution is -2.49. The van der Waals surface area contributed by atoms with Gasteiger partial charge in [0.25, 0.3) is 5.91 Å². The molecular formula is C11H12BrNO5. The Hall–Kier alpha value is -1.34. The second-order valence-corrected chi connectivity index (χ2v) is 5.15. The van der Waals surface area contributed by atoms with Crippen molar-refractivity contribution in [2.45, 2.75) is 13.0 Å². The van der Waals surface area contributed by atoms with E-state index in [0.717, 1.165) is 0 Å². The molecule has 18 heavy (non-hydrogen) atoms. The summed E-state index contributed by atoms with van der Waals surface area (Å²) in [6.07, 6.45) is 0. The molecule has 0 saturated carbocycles. The molecule has 1 aliphatic heterocycles. The van der Waals surface area contributed by atoms with Crippen LogP contribution in [-0.2, 0) is 9.53 Å². The third-order valence-corrected chi connectivity index (χ3v) is 3.47. The zero-order valence-corrected chi connectivity index (χ0v) is 11.2. The highest BCUT2D eigenvalue weighted by Crippen LogP contribution is 2.29. The predicted octanol–water partition coefficient (Wildman–Crippen LogP) is 1.26. The van der Waals surface area contributed by atoms with E-state index in [4.69, 9.17) is 14.3 Å². The molecule has 0 radical (unpaired) electrons. The second kappa shape index (κ2) is 4.74. The molecule has 0 aliphatic carbocycles. The summed E-state index contributed by atoms with van der Waals surface area (Å²) < 4.78 is 10.7. The van der Waals surface area contributed by atoms with Gasteiger partial charge in [-0.2, -0.15) is 0 Å². The fraction of sp³-hybridized carbons (Fsp3) is 0.455. The number of hydrogen-bond acceptors (Lipinski definition) is 4. The van der Waals surface area contributed by atoms with Crippen molar-refractivity contribution in [1.82, 2.24) is 5.32 Å². The Bertz CT molecular complexity index is 486. The van der Waals surface area contributed by atoms with E-state index in [9.17, 15) is 9.59 Å². The van der Waals surface area contributed by atoms with Gasteiger partial charge in [-0.1, -0.05) is 0 Å². The smallest absolute Gasteiger partial charge is 0.313 e. The van der Waals surface area contributed by atoms with Crippen LogP contribution in [0.5, 0.6) is 0 Å². The molecule has 2 atom stereocenters. The van der Waals surface area contributed by atoms with Gasteiger partial charge in [-0.25, -0.2) is 0 Å². The van der Waals surface area contributed by atoms with Gasteiger partial charge in [-0.15, -0.1) is 0 Å². The SMILES string of the molecule is CC1(C(=O)O)COCC1NC(=O)c1ccc(Br)o1. The minimum absolute atomic E-state index is 0.0785. The topological polar surface area (TPSA) is 88.8 Å². The number of aliphatic carboxylic acids is 1. The summed E-state index contributed by atoms with van der Waals surface area (Å²) in [6, 6.07) is 2.52. The first-order chi connectivity index (χ1) is 8.43. The Kier molecular flexibility index (Phi) is 3.45. The van der Waals surface area contributed by atoms with Crippen LogP contribution in [0.3, 0.4) is 0 Å². The van der Waals surface area contributed by atoms with E-state index in [1.165, 1.54) is 6.07 Å². The van der Waals surface area contributed by atoms with Crippen molar-refractivity contribution in [3.05, 3.63) is 22.6 Å². The van der Waals surface area contributed by atoms with Gasteiger partial charge in [0.15, 0.2) is 10.4 Å². The Morgan fingerprint density at radius 1 is 1.56 bits per heavy atom. The van der Waals surface area contributed by atoms with Crippen LogP contribution >= 0.6 is 15.9 Å². The van der Waals surface area contributed by atoms with Crippen molar-refractivity contribution in [3.8, 4) is 0 Å². The number of ether oxygens (including phenoxy) is 1. The molecule has 1 amide bonds. The van der Waals surface area contributed by atoms with Crippen LogP contribution in [0.15, 0.2) is 21.2 Å². The molecule has 2 unspecified atom stereocenters. The average molecular weight is 318 g/mol. The predicted molar refractivity (Wildman–Crippen MR) is 64.2 cm³/mol. The maximum atomic E-state index is 11.9. The standard InChI is InChI=1S/C11H12BrNO5/c1-11(10(15)16)5-17-4-7(11)13-9(14)6-2-3-8(12)18-6/h2-3,7H,4-5H2,1H3,(H,13,14)(H,15,16). The van der Waals surface area contributed by atoms with Gasteiger partial charge in [-0.3, -0.25) is 9.59 Å². The van der Waals surface area contributed by atoms with E-state index in [1.54, 1.807) is 13.0 Å². The van der Waals surface area contributed by atoms with Crippen molar-refractivity contribution >= 4 is 27.8 Å². The molecule has 98 valence electrons. The molecule has 6 nitrogen and oxygen atoms in total. The highest BCUT2D eigenvalue weighted by molar-refractivity contribution is 9.10. The number of carbonyl (C=O) groups is 2. The molecule has 2 rings (SSSR count). The molecule has 2 heterocycles. The van der Waals surface area contributed by atoms with E-state index in [0.29, 0.717) is 4.67 Å². The molecular weight excluding hydrogens is 306 g/mol. The lowest BCUT2D eigenvalue weighted by Gasteiger charge is -2.24. The lowest BCUT2D eigenvalue weighted by molar-refractivity contribution is -0.148. The summed E-state index contributed by atoms with van der Waals surface area (Å²) in [7, 11) is 0. The van der Waals surface area contributed by atoms with Crippen molar-refractivity contribution < 1.29 is 23.8 Å². The Morgan fingerprint density at radius 3 is 2.83 bits per heavy atom. The van der Waals surface area contributed by atoms with Gasteiger partial charge >= 0.3 is 5.97 Å². The first-order valence-electron chi connectivity index (χ1n) is 5.31. The molecule has 1 saturated heterocycles. The molecule has 1 aromatic heterocycles. The van der Waals surface area contributed by atoms with Gasteiger partial charge < -0.3 is 19.6 Å². The van der Waals surface area contributed by atoms with Crippen LogP contribution < -0.4 is 5.32 Å². The van der Waals surface area contributed by atoms with Crippen molar-refractivity contribution in [2.24, 2.45) is 5.41 Å². The van der Waals surface area contributed by atoms with Gasteiger partial charge in [0.05, 0.1) is 19.3 Å². The van der Waals surface area contributed by atoms with E-state index < -0.39 is 23.3 Å². The normalized spacial score (nSPS) is 27.1. The molecule has 1 fully saturated rings. The van der Waals surface area contributed by atoms with Crippen LogP contribution in [0.1, 0.15) is 17.5 Å². The summed E-state index contributed by atoms with van der Waals surface area (Å²) in [5.74, 6) is -1.32. The van der Waals surface area contributed by atoms with Gasteiger partial charge in [-0.05, 0) is 35.0 Å². The fourth-order valence-corrected chi connectivity index (χ4v) is 2.06. The summed E-state index contributed by atoms with van der Waals surface area (Å²) in [4.78, 5) is 23.0. The number of carbonyl (C=O) groups excluding carboxylic acids is 1. The zero-order valence-electron chi connectivity index (χ0n) is 9.60. The number of nitrogens with one attached hydrogen (secondary N) is 1. The second-order valence-electron chi connectivity index (χ2n) is 4.37. The van der Waals surface area contributed by atoms with E-state index in [-0.39, 0.29) is 19.0 Å². The molecule has 7 heteroatoms. The fourth-order valence-electron chi connectivity index (χ4n) is 1.75. The number of halogens is 1. The minimum Gasteiger partial charge on any atom is -0.481 e. The van der Waals surface area contributed by atoms with Crippen LogP contribution in [-0.4, -0.2) is 36.2 Å². The quantitative estimate of drug-likeness (QED) is 0.876. The zero-order chi connectivity index (χ0) is 13.3. The van der Waals surface area contributed by atoms with Crippen molar-refractivity contribution in [3.63, 3.8) is 0 Å². The maximum absolute atomic E-state index is 11.9. The molecule has 1 aliphatic rings. The van der Waals surface area contributed by atoms with E-state index in [1.807, 2.05) is 0 Å². The van der Waals surface area contributed by atoms with Crippen molar-refractivity contribution in [2.75, 3.05) is 13.2 Å². The first-order valence-corrected chi connectivity index (χ1v) is 6.10. The Balaban J connectivity index is 2.10. The largest absolute Gasteiger partial charge is 0.481 e. The molecule has 2 N–H and O–H groups in total. The van der Waals surface area contributed by atoms with Crippen LogP contribution in [0.25, 0.3) is 0 Å². The Labute approximate surface area is 111 Å². The van der Waals surface area contributed by atoms with Crippen molar-refractivity contribution in [1.29, 1.82) is 0 Å². The van der Waals surface area contributed by atoms with E-state index in [2.05, 4.69) is 21.2 Å². The van der Waals surface area contributed by atoms with Crippen LogP contribution in [0.4, 0.5) is 0 Å². The number of rotatable bonds is 3. The average Bonchev–Trinajstić information content (AvgIpc) is 2.87.